The molecule has 236 valence electrons. The van der Waals surface area contributed by atoms with Crippen molar-refractivity contribution in [2.75, 3.05) is 61.2 Å². The summed E-state index contributed by atoms with van der Waals surface area (Å²) in [5, 5.41) is 7.04. The monoisotopic (exact) mass is 675 g/mol. The van der Waals surface area contributed by atoms with Gasteiger partial charge in [0.05, 0.1) is 36.4 Å². The maximum absolute atomic E-state index is 13.1. The lowest BCUT2D eigenvalue weighted by Crippen LogP contribution is -2.45. The first-order valence-corrected chi connectivity index (χ1v) is 17.7. The summed E-state index contributed by atoms with van der Waals surface area (Å²) in [6.45, 7) is 10.2. The highest BCUT2D eigenvalue weighted by Gasteiger charge is 2.35. The van der Waals surface area contributed by atoms with Crippen LogP contribution in [0.15, 0.2) is 30.5 Å². The highest BCUT2D eigenvalue weighted by atomic mass is 35.5. The molecule has 0 aliphatic carbocycles. The van der Waals surface area contributed by atoms with Crippen LogP contribution in [-0.4, -0.2) is 84.1 Å². The minimum atomic E-state index is -3.67. The molecule has 0 unspecified atom stereocenters. The van der Waals surface area contributed by atoms with Gasteiger partial charge in [-0.25, -0.2) is 24.2 Å². The van der Waals surface area contributed by atoms with Gasteiger partial charge in [-0.1, -0.05) is 35.1 Å². The zero-order valence-corrected chi connectivity index (χ0v) is 27.7. The molecule has 1 fully saturated rings. The molecule has 1 saturated heterocycles. The Morgan fingerprint density at radius 3 is 2.35 bits per heavy atom. The molecule has 14 nitrogen and oxygen atoms in total. The lowest BCUT2D eigenvalue weighted by Gasteiger charge is -2.37. The van der Waals surface area contributed by atoms with Gasteiger partial charge in [-0.3, -0.25) is 18.4 Å². The summed E-state index contributed by atoms with van der Waals surface area (Å²) in [5.41, 5.74) is 1.45. The average molecular weight is 676 g/mol. The van der Waals surface area contributed by atoms with Crippen LogP contribution in [0.4, 0.5) is 22.5 Å². The van der Waals surface area contributed by atoms with Crippen LogP contribution < -0.4 is 15.5 Å². The molecule has 1 aliphatic heterocycles. The molecule has 4 rings (SSSR count). The summed E-state index contributed by atoms with van der Waals surface area (Å²) in [7, 11) is -6.96. The van der Waals surface area contributed by atoms with E-state index in [1.807, 2.05) is 32.0 Å². The van der Waals surface area contributed by atoms with Crippen LogP contribution in [0.3, 0.4) is 0 Å². The summed E-state index contributed by atoms with van der Waals surface area (Å²) in [6.07, 6.45) is 2.23. The molecule has 43 heavy (non-hydrogen) atoms. The number of hydrogen-bond acceptors (Lipinski definition) is 12. The summed E-state index contributed by atoms with van der Waals surface area (Å²) < 4.78 is 51.7. The zero-order valence-electron chi connectivity index (χ0n) is 24.4. The number of aryl methyl sites for hydroxylation is 2. The number of amides is 1. The highest BCUT2D eigenvalue weighted by molar-refractivity contribution is 7.85. The maximum Gasteiger partial charge on any atom is 0.408 e. The van der Waals surface area contributed by atoms with Gasteiger partial charge in [0.25, 0.3) is 16.0 Å². The lowest BCUT2D eigenvalue weighted by molar-refractivity contribution is 0.103. The molecule has 3 aromatic rings. The van der Waals surface area contributed by atoms with Crippen LogP contribution >= 0.6 is 30.7 Å². The Balaban J connectivity index is 0.000000934. The molecule has 1 amide bonds. The van der Waals surface area contributed by atoms with Gasteiger partial charge < -0.3 is 15.5 Å². The number of nitrogens with one attached hydrogen (secondary N) is 2. The predicted molar refractivity (Wildman–Crippen MR) is 168 cm³/mol. The van der Waals surface area contributed by atoms with E-state index in [0.717, 1.165) is 11.4 Å². The minimum Gasteiger partial charge on any atom is -0.354 e. The van der Waals surface area contributed by atoms with Crippen molar-refractivity contribution in [3.8, 4) is 0 Å². The first-order chi connectivity index (χ1) is 20.2. The zero-order chi connectivity index (χ0) is 31.8. The SMILES string of the molecule is CCOP(=O)(OCC)N1CCN(c2cc(Nc3ncc(C(=O)Nc4c(C)cccc4Cl)s3)nc(C)n2)CC1.CS(=O)(=O)O. The van der Waals surface area contributed by atoms with Gasteiger partial charge in [-0.15, -0.1) is 0 Å². The summed E-state index contributed by atoms with van der Waals surface area (Å²) in [6, 6.07) is 7.28. The number of piperazine rings is 1. The van der Waals surface area contributed by atoms with Gasteiger partial charge in [0.1, 0.15) is 22.3 Å². The van der Waals surface area contributed by atoms with Crippen LogP contribution in [0.1, 0.15) is 34.9 Å². The van der Waals surface area contributed by atoms with Crippen molar-refractivity contribution in [2.24, 2.45) is 0 Å². The van der Waals surface area contributed by atoms with Crippen LogP contribution in [0.2, 0.25) is 5.02 Å². The smallest absolute Gasteiger partial charge is 0.354 e. The molecule has 2 aromatic heterocycles. The molecule has 1 aromatic carbocycles. The summed E-state index contributed by atoms with van der Waals surface area (Å²) >= 11 is 7.45. The number of rotatable bonds is 10. The molecular weight excluding hydrogens is 641 g/mol. The number of carbonyl (C=O) groups excluding carboxylic acids is 1. The molecule has 0 atom stereocenters. The Labute approximate surface area is 260 Å². The van der Waals surface area contributed by atoms with Crippen molar-refractivity contribution in [1.82, 2.24) is 19.6 Å². The number of thiazole rings is 1. The highest BCUT2D eigenvalue weighted by Crippen LogP contribution is 2.52. The van der Waals surface area contributed by atoms with Crippen molar-refractivity contribution in [3.05, 3.63) is 51.7 Å². The fraction of sp³-hybridized carbons (Fsp3) is 0.440. The normalized spacial score (nSPS) is 14.2. The standard InChI is InChI=1S/C24H31ClN7O4PS.CH4O3S/c1-5-35-37(34,36-6-2)32-12-10-31(11-13-32)21-14-20(27-17(4)28-21)29-24-26-15-19(38-24)23(33)30-22-16(3)8-7-9-18(22)25;1-5(2,3)4/h7-9,14-15H,5-6,10-13H2,1-4H3,(H,30,33)(H,26,27,28,29);1H3,(H,2,3,4). The van der Waals surface area contributed by atoms with Crippen molar-refractivity contribution < 1.29 is 31.4 Å². The van der Waals surface area contributed by atoms with Gasteiger partial charge in [0.2, 0.25) is 0 Å². The second-order valence-corrected chi connectivity index (χ2v) is 14.1. The number of carbonyl (C=O) groups is 1. The van der Waals surface area contributed by atoms with Crippen molar-refractivity contribution in [2.45, 2.75) is 27.7 Å². The van der Waals surface area contributed by atoms with Gasteiger partial charge >= 0.3 is 7.75 Å². The van der Waals surface area contributed by atoms with E-state index < -0.39 is 17.9 Å². The van der Waals surface area contributed by atoms with E-state index >= 15 is 0 Å². The van der Waals surface area contributed by atoms with E-state index in [9.17, 15) is 17.8 Å². The molecule has 0 spiro atoms. The Hall–Kier alpha value is -2.69. The van der Waals surface area contributed by atoms with Crippen LogP contribution in [-0.2, 0) is 23.7 Å². The number of aromatic nitrogens is 3. The molecule has 18 heteroatoms. The quantitative estimate of drug-likeness (QED) is 0.193. The molecule has 0 bridgehead atoms. The van der Waals surface area contributed by atoms with E-state index in [1.54, 1.807) is 24.6 Å². The number of benzene rings is 1. The van der Waals surface area contributed by atoms with Crippen molar-refractivity contribution in [1.29, 1.82) is 0 Å². The Kier molecular flexibility index (Phi) is 12.4. The second kappa shape index (κ2) is 15.3. The van der Waals surface area contributed by atoms with Crippen LogP contribution in [0.5, 0.6) is 0 Å². The predicted octanol–water partition coefficient (Wildman–Crippen LogP) is 5.01. The minimum absolute atomic E-state index is 0.291. The van der Waals surface area contributed by atoms with Gasteiger partial charge in [-0.2, -0.15) is 8.42 Å². The fourth-order valence-corrected chi connectivity index (χ4v) is 6.70. The molecule has 3 N–H and O–H groups in total. The second-order valence-electron chi connectivity index (χ2n) is 9.18. The third-order valence-electron chi connectivity index (χ3n) is 5.76. The molecule has 0 saturated carbocycles. The van der Waals surface area contributed by atoms with E-state index in [1.165, 1.54) is 17.5 Å². The van der Waals surface area contributed by atoms with Crippen LogP contribution in [0.25, 0.3) is 0 Å². The first kappa shape index (κ1) is 34.8. The van der Waals surface area contributed by atoms with Crippen molar-refractivity contribution in [3.63, 3.8) is 0 Å². The molecule has 0 radical (unpaired) electrons. The largest absolute Gasteiger partial charge is 0.408 e. The van der Waals surface area contributed by atoms with Gasteiger partial charge in [-0.05, 0) is 39.3 Å². The van der Waals surface area contributed by atoms with Crippen molar-refractivity contribution >= 4 is 69.2 Å². The third-order valence-corrected chi connectivity index (χ3v) is 9.25. The number of para-hydroxylation sites is 1. The van der Waals surface area contributed by atoms with Gasteiger partial charge in [0, 0.05) is 32.2 Å². The molecule has 1 aliphatic rings. The Morgan fingerprint density at radius 2 is 1.77 bits per heavy atom. The van der Waals surface area contributed by atoms with E-state index in [0.29, 0.717) is 78.0 Å². The molecule has 3 heterocycles. The summed E-state index contributed by atoms with van der Waals surface area (Å²) in [4.78, 5) is 28.7. The topological polar surface area (TPSA) is 176 Å². The number of anilines is 4. The van der Waals surface area contributed by atoms with E-state index in [4.69, 9.17) is 25.2 Å². The summed E-state index contributed by atoms with van der Waals surface area (Å²) in [5.74, 6) is 1.60. The molecular formula is C25H35ClN7O7PS2. The average Bonchev–Trinajstić information content (AvgIpc) is 3.38. The maximum atomic E-state index is 13.1. The van der Waals surface area contributed by atoms with E-state index in [-0.39, 0.29) is 5.91 Å². The number of hydrogen-bond donors (Lipinski definition) is 3. The Morgan fingerprint density at radius 1 is 1.14 bits per heavy atom. The Bertz CT molecular complexity index is 1530. The lowest BCUT2D eigenvalue weighted by atomic mass is 10.2. The van der Waals surface area contributed by atoms with Crippen LogP contribution in [0, 0.1) is 13.8 Å². The fourth-order valence-electron chi connectivity index (χ4n) is 3.99. The van der Waals surface area contributed by atoms with E-state index in [2.05, 4.69) is 30.5 Å². The first-order valence-electron chi connectivity index (χ1n) is 13.2. The number of nitrogens with zero attached hydrogens (tertiary/aromatic N) is 5. The number of halogens is 1. The third kappa shape index (κ3) is 10.5. The van der Waals surface area contributed by atoms with Gasteiger partial charge in [0.15, 0.2) is 5.13 Å².